The first-order valence-electron chi connectivity index (χ1n) is 7.52. The van der Waals surface area contributed by atoms with E-state index in [1.165, 1.54) is 11.9 Å². The summed E-state index contributed by atoms with van der Waals surface area (Å²) >= 11 is 0. The number of amides is 1. The Morgan fingerprint density at radius 2 is 1.74 bits per heavy atom. The first-order valence-corrected chi connectivity index (χ1v) is 7.52. The van der Waals surface area contributed by atoms with Gasteiger partial charge in [0.15, 0.2) is 0 Å². The molecule has 0 spiro atoms. The molecule has 0 saturated carbocycles. The molecule has 4 nitrogen and oxygen atoms in total. The second-order valence-electron chi connectivity index (χ2n) is 5.61. The lowest BCUT2D eigenvalue weighted by Crippen LogP contribution is -2.33. The van der Waals surface area contributed by atoms with Crippen molar-refractivity contribution in [3.8, 4) is 11.1 Å². The first kappa shape index (κ1) is 13.6. The number of fused-ring (bicyclic) bond motifs is 3. The molecule has 0 saturated heterocycles. The lowest BCUT2D eigenvalue weighted by Gasteiger charge is -2.31. The summed E-state index contributed by atoms with van der Waals surface area (Å²) in [5.74, 6) is -0.0996. The second kappa shape index (κ2) is 5.32. The molecule has 23 heavy (non-hydrogen) atoms. The number of benzene rings is 2. The van der Waals surface area contributed by atoms with Gasteiger partial charge in [0.25, 0.3) is 5.91 Å². The quantitative estimate of drug-likeness (QED) is 0.689. The van der Waals surface area contributed by atoms with E-state index in [4.69, 9.17) is 0 Å². The summed E-state index contributed by atoms with van der Waals surface area (Å²) in [5, 5.41) is 0. The van der Waals surface area contributed by atoms with Crippen molar-refractivity contribution in [3.63, 3.8) is 0 Å². The predicted molar refractivity (Wildman–Crippen MR) is 89.2 cm³/mol. The molecule has 112 valence electrons. The van der Waals surface area contributed by atoms with Crippen LogP contribution in [-0.4, -0.2) is 15.9 Å². The zero-order chi connectivity index (χ0) is 15.8. The molecule has 4 rings (SSSR count). The van der Waals surface area contributed by atoms with Crippen LogP contribution in [0.5, 0.6) is 0 Å². The molecular weight excluding hydrogens is 286 g/mol. The van der Waals surface area contributed by atoms with E-state index in [1.54, 1.807) is 11.0 Å². The maximum absolute atomic E-state index is 13.0. The topological polar surface area (TPSA) is 46.1 Å². The number of aryl methyl sites for hydroxylation is 1. The maximum atomic E-state index is 13.0. The normalized spacial score (nSPS) is 12.5. The minimum absolute atomic E-state index is 0.0996. The van der Waals surface area contributed by atoms with E-state index in [0.29, 0.717) is 12.2 Å². The number of anilines is 1. The zero-order valence-corrected chi connectivity index (χ0v) is 12.7. The molecule has 0 fully saturated rings. The number of para-hydroxylation sites is 1. The van der Waals surface area contributed by atoms with Crippen LogP contribution in [-0.2, 0) is 6.54 Å². The second-order valence-corrected chi connectivity index (χ2v) is 5.61. The van der Waals surface area contributed by atoms with Crippen LogP contribution in [0.25, 0.3) is 11.1 Å². The van der Waals surface area contributed by atoms with Crippen LogP contribution in [0.15, 0.2) is 60.9 Å². The van der Waals surface area contributed by atoms with E-state index in [0.717, 1.165) is 22.5 Å². The lowest BCUT2D eigenvalue weighted by atomic mass is 9.93. The van der Waals surface area contributed by atoms with E-state index in [1.807, 2.05) is 37.3 Å². The molecule has 1 aliphatic heterocycles. The highest BCUT2D eigenvalue weighted by Gasteiger charge is 2.27. The standard InChI is InChI=1S/C19H15N3O/c1-13-10-17(21-12-20-13)19(23)22-11-14-6-2-3-7-15(14)16-8-4-5-9-18(16)22/h2-10,12H,11H2,1H3. The number of hydrogen-bond donors (Lipinski definition) is 0. The van der Waals surface area contributed by atoms with Gasteiger partial charge in [0.2, 0.25) is 0 Å². The first-order chi connectivity index (χ1) is 11.2. The molecule has 3 aromatic rings. The molecule has 4 heteroatoms. The lowest BCUT2D eigenvalue weighted by molar-refractivity contribution is 0.0980. The van der Waals surface area contributed by atoms with Crippen molar-refractivity contribution in [3.05, 3.63) is 77.9 Å². The van der Waals surface area contributed by atoms with Crippen molar-refractivity contribution in [1.29, 1.82) is 0 Å². The number of carbonyl (C=O) groups is 1. The van der Waals surface area contributed by atoms with Crippen molar-refractivity contribution < 1.29 is 4.79 Å². The van der Waals surface area contributed by atoms with E-state index >= 15 is 0 Å². The van der Waals surface area contributed by atoms with Gasteiger partial charge in [-0.25, -0.2) is 9.97 Å². The van der Waals surface area contributed by atoms with Crippen LogP contribution < -0.4 is 4.90 Å². The highest BCUT2D eigenvalue weighted by molar-refractivity contribution is 6.08. The Hall–Kier alpha value is -3.01. The third kappa shape index (κ3) is 2.28. The van der Waals surface area contributed by atoms with Gasteiger partial charge in [0, 0.05) is 11.3 Å². The summed E-state index contributed by atoms with van der Waals surface area (Å²) in [6.45, 7) is 2.41. The van der Waals surface area contributed by atoms with Crippen LogP contribution in [0.1, 0.15) is 21.7 Å². The molecule has 0 unspecified atom stereocenters. The smallest absolute Gasteiger partial charge is 0.277 e. The van der Waals surface area contributed by atoms with Gasteiger partial charge in [-0.15, -0.1) is 0 Å². The summed E-state index contributed by atoms with van der Waals surface area (Å²) in [6.07, 6.45) is 1.44. The van der Waals surface area contributed by atoms with Gasteiger partial charge in [-0.3, -0.25) is 4.79 Å². The van der Waals surface area contributed by atoms with Crippen molar-refractivity contribution in [1.82, 2.24) is 9.97 Å². The Balaban J connectivity index is 1.83. The maximum Gasteiger partial charge on any atom is 0.277 e. The van der Waals surface area contributed by atoms with Gasteiger partial charge in [0.05, 0.1) is 12.2 Å². The molecule has 2 aromatic carbocycles. The van der Waals surface area contributed by atoms with Crippen molar-refractivity contribution in [2.75, 3.05) is 4.90 Å². The Morgan fingerprint density at radius 1 is 1.00 bits per heavy atom. The molecular formula is C19H15N3O. The van der Waals surface area contributed by atoms with E-state index in [9.17, 15) is 4.79 Å². The average molecular weight is 301 g/mol. The number of nitrogens with zero attached hydrogens (tertiary/aromatic N) is 3. The molecule has 1 amide bonds. The molecule has 1 aliphatic rings. The molecule has 0 bridgehead atoms. The Labute approximate surface area is 134 Å². The Morgan fingerprint density at radius 3 is 2.57 bits per heavy atom. The van der Waals surface area contributed by atoms with Crippen LogP contribution in [0, 0.1) is 6.92 Å². The highest BCUT2D eigenvalue weighted by Crippen LogP contribution is 2.39. The van der Waals surface area contributed by atoms with Crippen LogP contribution in [0.2, 0.25) is 0 Å². The SMILES string of the molecule is Cc1cc(C(=O)N2Cc3ccccc3-c3ccccc32)ncn1. The van der Waals surface area contributed by atoms with Crippen molar-refractivity contribution in [2.24, 2.45) is 0 Å². The Bertz CT molecular complexity index is 904. The third-order valence-electron chi connectivity index (χ3n) is 4.10. The van der Waals surface area contributed by atoms with Crippen molar-refractivity contribution in [2.45, 2.75) is 13.5 Å². The zero-order valence-electron chi connectivity index (χ0n) is 12.7. The van der Waals surface area contributed by atoms with Gasteiger partial charge in [-0.2, -0.15) is 0 Å². The fraction of sp³-hybridized carbons (Fsp3) is 0.105. The van der Waals surface area contributed by atoms with Crippen LogP contribution in [0.3, 0.4) is 0 Å². The predicted octanol–water partition coefficient (Wildman–Crippen LogP) is 3.61. The molecule has 0 N–H and O–H groups in total. The monoisotopic (exact) mass is 301 g/mol. The summed E-state index contributed by atoms with van der Waals surface area (Å²) < 4.78 is 0. The average Bonchev–Trinajstić information content (AvgIpc) is 2.60. The third-order valence-corrected chi connectivity index (χ3v) is 4.10. The van der Waals surface area contributed by atoms with Gasteiger partial charge >= 0.3 is 0 Å². The molecule has 0 aliphatic carbocycles. The Kier molecular flexibility index (Phi) is 3.15. The van der Waals surface area contributed by atoms with E-state index < -0.39 is 0 Å². The minimum atomic E-state index is -0.0996. The summed E-state index contributed by atoms with van der Waals surface area (Å²) in [7, 11) is 0. The number of carbonyl (C=O) groups excluding carboxylic acids is 1. The van der Waals surface area contributed by atoms with Crippen LogP contribution in [0.4, 0.5) is 5.69 Å². The van der Waals surface area contributed by atoms with Crippen molar-refractivity contribution >= 4 is 11.6 Å². The number of rotatable bonds is 1. The van der Waals surface area contributed by atoms with Gasteiger partial charge in [-0.1, -0.05) is 42.5 Å². The summed E-state index contributed by atoms with van der Waals surface area (Å²) in [6, 6.07) is 17.9. The van der Waals surface area contributed by atoms with E-state index in [2.05, 4.69) is 28.2 Å². The van der Waals surface area contributed by atoms with Gasteiger partial charge in [0.1, 0.15) is 12.0 Å². The highest BCUT2D eigenvalue weighted by atomic mass is 16.2. The molecule has 0 radical (unpaired) electrons. The summed E-state index contributed by atoms with van der Waals surface area (Å²) in [5.41, 5.74) is 5.54. The minimum Gasteiger partial charge on any atom is -0.302 e. The largest absolute Gasteiger partial charge is 0.302 e. The van der Waals surface area contributed by atoms with Gasteiger partial charge < -0.3 is 4.90 Å². The molecule has 0 atom stereocenters. The molecule has 1 aromatic heterocycles. The number of hydrogen-bond acceptors (Lipinski definition) is 3. The fourth-order valence-corrected chi connectivity index (χ4v) is 3.00. The molecule has 2 heterocycles. The van der Waals surface area contributed by atoms with Gasteiger partial charge in [-0.05, 0) is 30.2 Å². The van der Waals surface area contributed by atoms with Crippen LogP contribution >= 0.6 is 0 Å². The fourth-order valence-electron chi connectivity index (χ4n) is 3.00. The summed E-state index contributed by atoms with van der Waals surface area (Å²) in [4.78, 5) is 23.0. The number of aromatic nitrogens is 2. The van der Waals surface area contributed by atoms with E-state index in [-0.39, 0.29) is 5.91 Å².